The second kappa shape index (κ2) is 6.82. The Balaban J connectivity index is 1.34. The molecule has 1 aromatic carbocycles. The average Bonchev–Trinajstić information content (AvgIpc) is 3.11. The Kier molecular flexibility index (Phi) is 4.28. The van der Waals surface area contributed by atoms with E-state index in [0.29, 0.717) is 19.0 Å². The molecule has 2 aromatic rings. The van der Waals surface area contributed by atoms with E-state index in [2.05, 4.69) is 20.8 Å². The summed E-state index contributed by atoms with van der Waals surface area (Å²) in [6.07, 6.45) is 1.63. The first-order valence-corrected chi connectivity index (χ1v) is 9.71. The smallest absolute Gasteiger partial charge is 0.223 e. The van der Waals surface area contributed by atoms with E-state index in [9.17, 15) is 4.79 Å². The molecule has 1 aliphatic carbocycles. The summed E-state index contributed by atoms with van der Waals surface area (Å²) >= 11 is 0. The molecule has 1 N–H and O–H groups in total. The van der Waals surface area contributed by atoms with E-state index in [1.165, 1.54) is 0 Å². The molecular formula is C19H24N6O3. The van der Waals surface area contributed by atoms with Crippen LogP contribution in [0.4, 0.5) is 5.69 Å². The van der Waals surface area contributed by atoms with Crippen molar-refractivity contribution in [2.24, 2.45) is 5.92 Å². The van der Waals surface area contributed by atoms with Gasteiger partial charge in [-0.05, 0) is 47.5 Å². The largest absolute Gasteiger partial charge is 0.378 e. The summed E-state index contributed by atoms with van der Waals surface area (Å²) in [5.41, 5.74) is 2.05. The zero-order chi connectivity index (χ0) is 19.3. The van der Waals surface area contributed by atoms with Gasteiger partial charge in [0.25, 0.3) is 0 Å². The van der Waals surface area contributed by atoms with Gasteiger partial charge in [-0.25, -0.2) is 4.68 Å². The number of nitrogens with zero attached hydrogens (tertiary/aromatic N) is 5. The lowest BCUT2D eigenvalue weighted by Crippen LogP contribution is -2.44. The van der Waals surface area contributed by atoms with Gasteiger partial charge in [0.15, 0.2) is 5.82 Å². The molecule has 3 fully saturated rings. The van der Waals surface area contributed by atoms with Crippen LogP contribution in [0, 0.1) is 5.92 Å². The molecule has 28 heavy (non-hydrogen) atoms. The highest BCUT2D eigenvalue weighted by atomic mass is 16.6. The van der Waals surface area contributed by atoms with E-state index < -0.39 is 0 Å². The van der Waals surface area contributed by atoms with Crippen molar-refractivity contribution in [2.45, 2.75) is 37.1 Å². The minimum atomic E-state index is -0.173. The lowest BCUT2D eigenvalue weighted by molar-refractivity contribution is -0.123. The number of nitrogens with one attached hydrogen (secondary N) is 1. The summed E-state index contributed by atoms with van der Waals surface area (Å²) in [4.78, 5) is 14.2. The number of fused-ring (bicyclic) bond motifs is 1. The summed E-state index contributed by atoms with van der Waals surface area (Å²) in [5, 5.41) is 15.4. The van der Waals surface area contributed by atoms with Gasteiger partial charge < -0.3 is 19.7 Å². The van der Waals surface area contributed by atoms with Crippen molar-refractivity contribution < 1.29 is 14.3 Å². The first kappa shape index (κ1) is 17.6. The van der Waals surface area contributed by atoms with Crippen LogP contribution in [-0.4, -0.2) is 71.7 Å². The maximum atomic E-state index is 12.1. The Morgan fingerprint density at radius 2 is 1.89 bits per heavy atom. The van der Waals surface area contributed by atoms with Gasteiger partial charge in [0.2, 0.25) is 5.91 Å². The topological polar surface area (TPSA) is 94.4 Å². The van der Waals surface area contributed by atoms with Crippen LogP contribution >= 0.6 is 0 Å². The van der Waals surface area contributed by atoms with Gasteiger partial charge in [-0.2, -0.15) is 0 Å². The van der Waals surface area contributed by atoms with Crippen LogP contribution in [0.1, 0.15) is 18.9 Å². The number of anilines is 1. The van der Waals surface area contributed by atoms with E-state index in [-0.39, 0.29) is 36.1 Å². The minimum absolute atomic E-state index is 0.109. The maximum Gasteiger partial charge on any atom is 0.223 e. The molecule has 3 heterocycles. The number of carbonyl (C=O) groups is 1. The van der Waals surface area contributed by atoms with E-state index in [0.717, 1.165) is 24.1 Å². The molecule has 2 aliphatic heterocycles. The summed E-state index contributed by atoms with van der Waals surface area (Å²) in [6, 6.07) is 7.88. The Morgan fingerprint density at radius 1 is 1.14 bits per heavy atom. The highest BCUT2D eigenvalue weighted by Crippen LogP contribution is 2.36. The van der Waals surface area contributed by atoms with Crippen molar-refractivity contribution in [1.29, 1.82) is 0 Å². The molecule has 1 aromatic heterocycles. The Morgan fingerprint density at radius 3 is 2.61 bits per heavy atom. The van der Waals surface area contributed by atoms with Gasteiger partial charge in [0, 0.05) is 31.3 Å². The number of amides is 1. The number of carbonyl (C=O) groups excluding carboxylic acids is 1. The van der Waals surface area contributed by atoms with Crippen LogP contribution in [-0.2, 0) is 14.3 Å². The van der Waals surface area contributed by atoms with Gasteiger partial charge in [-0.15, -0.1) is 5.10 Å². The molecule has 3 aliphatic rings. The van der Waals surface area contributed by atoms with Gasteiger partial charge in [-0.3, -0.25) is 4.79 Å². The fraction of sp³-hybridized carbons (Fsp3) is 0.579. The third-order valence-electron chi connectivity index (χ3n) is 5.75. The molecule has 4 unspecified atom stereocenters. The SMILES string of the molecule is CN(C)c1ccc(-c2nnnn2C2COC3C(NC(=O)C4CC4)COC32)cc1. The van der Waals surface area contributed by atoms with Crippen molar-refractivity contribution >= 4 is 11.6 Å². The molecule has 148 valence electrons. The number of benzene rings is 1. The second-order valence-electron chi connectivity index (χ2n) is 7.94. The standard InChI is InChI=1S/C19H24N6O3/c1-24(2)13-7-5-11(6-8-13)18-21-22-23-25(18)15-10-28-16-14(9-27-17(15)16)20-19(26)12-3-4-12/h5-8,12,14-17H,3-4,9-10H2,1-2H3,(H,20,26). The molecular weight excluding hydrogens is 360 g/mol. The summed E-state index contributed by atoms with van der Waals surface area (Å²) in [7, 11) is 4.01. The molecule has 2 saturated heterocycles. The third-order valence-corrected chi connectivity index (χ3v) is 5.75. The van der Waals surface area contributed by atoms with Crippen LogP contribution in [0.25, 0.3) is 11.4 Å². The number of hydrogen-bond donors (Lipinski definition) is 1. The Labute approximate surface area is 163 Å². The number of tetrazole rings is 1. The fourth-order valence-corrected chi connectivity index (χ4v) is 3.97. The Hall–Kier alpha value is -2.52. The second-order valence-corrected chi connectivity index (χ2v) is 7.94. The highest BCUT2D eigenvalue weighted by Gasteiger charge is 2.50. The monoisotopic (exact) mass is 384 g/mol. The predicted octanol–water partition coefficient (Wildman–Crippen LogP) is 0.640. The zero-order valence-corrected chi connectivity index (χ0v) is 16.0. The fourth-order valence-electron chi connectivity index (χ4n) is 3.97. The van der Waals surface area contributed by atoms with Gasteiger partial charge in [0.1, 0.15) is 18.2 Å². The molecule has 9 nitrogen and oxygen atoms in total. The minimum Gasteiger partial charge on any atom is -0.378 e. The number of hydrogen-bond acceptors (Lipinski definition) is 7. The summed E-state index contributed by atoms with van der Waals surface area (Å²) in [5.74, 6) is 0.978. The van der Waals surface area contributed by atoms with Crippen molar-refractivity contribution in [3.63, 3.8) is 0 Å². The van der Waals surface area contributed by atoms with Gasteiger partial charge in [-0.1, -0.05) is 0 Å². The van der Waals surface area contributed by atoms with Crippen LogP contribution < -0.4 is 10.2 Å². The van der Waals surface area contributed by atoms with Crippen LogP contribution in [0.2, 0.25) is 0 Å². The van der Waals surface area contributed by atoms with E-state index in [1.807, 2.05) is 43.3 Å². The number of ether oxygens (including phenoxy) is 2. The van der Waals surface area contributed by atoms with Crippen molar-refractivity contribution in [2.75, 3.05) is 32.2 Å². The lowest BCUT2D eigenvalue weighted by Gasteiger charge is -2.18. The predicted molar refractivity (Wildman–Crippen MR) is 101 cm³/mol. The first-order valence-electron chi connectivity index (χ1n) is 9.71. The van der Waals surface area contributed by atoms with Crippen LogP contribution in [0.5, 0.6) is 0 Å². The maximum absolute atomic E-state index is 12.1. The van der Waals surface area contributed by atoms with Gasteiger partial charge >= 0.3 is 0 Å². The van der Waals surface area contributed by atoms with Crippen molar-refractivity contribution in [3.05, 3.63) is 24.3 Å². The highest BCUT2D eigenvalue weighted by molar-refractivity contribution is 5.81. The first-order chi connectivity index (χ1) is 13.6. The van der Waals surface area contributed by atoms with Crippen molar-refractivity contribution in [1.82, 2.24) is 25.5 Å². The molecule has 0 spiro atoms. The lowest BCUT2D eigenvalue weighted by atomic mass is 10.1. The molecule has 5 rings (SSSR count). The number of rotatable bonds is 5. The van der Waals surface area contributed by atoms with Crippen molar-refractivity contribution in [3.8, 4) is 11.4 Å². The molecule has 1 saturated carbocycles. The normalized spacial score (nSPS) is 28.9. The van der Waals surface area contributed by atoms with E-state index in [1.54, 1.807) is 4.68 Å². The van der Waals surface area contributed by atoms with E-state index >= 15 is 0 Å². The quantitative estimate of drug-likeness (QED) is 0.808. The molecule has 9 heteroatoms. The Bertz CT molecular complexity index is 863. The summed E-state index contributed by atoms with van der Waals surface area (Å²) in [6.45, 7) is 0.915. The summed E-state index contributed by atoms with van der Waals surface area (Å²) < 4.78 is 13.8. The third kappa shape index (κ3) is 3.04. The zero-order valence-electron chi connectivity index (χ0n) is 16.0. The van der Waals surface area contributed by atoms with Gasteiger partial charge in [0.05, 0.1) is 19.3 Å². The molecule has 1 amide bonds. The number of aromatic nitrogens is 4. The van der Waals surface area contributed by atoms with Crippen LogP contribution in [0.3, 0.4) is 0 Å². The molecule has 0 bridgehead atoms. The van der Waals surface area contributed by atoms with Crippen LogP contribution in [0.15, 0.2) is 24.3 Å². The van der Waals surface area contributed by atoms with E-state index in [4.69, 9.17) is 9.47 Å². The average molecular weight is 384 g/mol. The molecule has 0 radical (unpaired) electrons. The molecule has 4 atom stereocenters.